The molecule has 2 heterocycles. The molecular formula is C25H32N6O4. The fourth-order valence-corrected chi connectivity index (χ4v) is 4.76. The van der Waals surface area contributed by atoms with Crippen LogP contribution in [0, 0.1) is 6.92 Å². The number of rotatable bonds is 7. The van der Waals surface area contributed by atoms with E-state index in [0.717, 1.165) is 38.5 Å². The van der Waals surface area contributed by atoms with Gasteiger partial charge in [0.1, 0.15) is 11.2 Å². The fourth-order valence-electron chi connectivity index (χ4n) is 4.76. The zero-order valence-electron chi connectivity index (χ0n) is 20.5. The molecule has 1 aliphatic carbocycles. The van der Waals surface area contributed by atoms with E-state index >= 15 is 0 Å². The molecule has 0 aliphatic heterocycles. The number of benzene rings is 1. The average Bonchev–Trinajstić information content (AvgIpc) is 3.30. The van der Waals surface area contributed by atoms with Crippen LogP contribution in [0.1, 0.15) is 69.3 Å². The highest BCUT2D eigenvalue weighted by atomic mass is 16.5. The second kappa shape index (κ2) is 10.3. The summed E-state index contributed by atoms with van der Waals surface area (Å²) < 4.78 is 8.66. The van der Waals surface area contributed by atoms with Gasteiger partial charge in [0.25, 0.3) is 5.56 Å². The van der Waals surface area contributed by atoms with E-state index in [1.165, 1.54) is 11.6 Å². The number of aryl methyl sites for hydroxylation is 1. The van der Waals surface area contributed by atoms with Crippen molar-refractivity contribution >= 4 is 17.5 Å². The van der Waals surface area contributed by atoms with E-state index in [-0.39, 0.29) is 35.9 Å². The highest BCUT2D eigenvalue weighted by Crippen LogP contribution is 2.34. The summed E-state index contributed by atoms with van der Waals surface area (Å²) in [7, 11) is 1.78. The predicted octanol–water partition coefficient (Wildman–Crippen LogP) is 3.12. The molecule has 0 saturated heterocycles. The molecule has 0 radical (unpaired) electrons. The number of carbonyl (C=O) groups is 2. The van der Waals surface area contributed by atoms with Crippen LogP contribution in [0.15, 0.2) is 39.6 Å². The van der Waals surface area contributed by atoms with E-state index in [0.29, 0.717) is 23.1 Å². The molecule has 10 heteroatoms. The summed E-state index contributed by atoms with van der Waals surface area (Å²) in [4.78, 5) is 42.1. The number of anilines is 1. The van der Waals surface area contributed by atoms with Gasteiger partial charge >= 0.3 is 0 Å². The largest absolute Gasteiger partial charge is 0.343 e. The molecule has 10 nitrogen and oxygen atoms in total. The third-order valence-corrected chi connectivity index (χ3v) is 6.65. The van der Waals surface area contributed by atoms with Crippen molar-refractivity contribution in [2.75, 3.05) is 5.32 Å². The second-order valence-corrected chi connectivity index (χ2v) is 9.17. The maximum absolute atomic E-state index is 13.0. The lowest BCUT2D eigenvalue weighted by Crippen LogP contribution is -2.45. The minimum atomic E-state index is -0.629. The van der Waals surface area contributed by atoms with Crippen LogP contribution in [0.3, 0.4) is 0 Å². The molecule has 2 N–H and O–H groups in total. The Bertz CT molecular complexity index is 1250. The molecule has 1 aromatic carbocycles. The number of carbonyl (C=O) groups excluding carboxylic acids is 2. The number of aromatic nitrogens is 4. The SMILES string of the molecule is CC(=O)NC1(c2noc(CCC(=O)Nc3c(C)n(C)n(-c4ccccc4)c3=O)n2)CCCCCC1. The zero-order valence-corrected chi connectivity index (χ0v) is 20.5. The standard InChI is InChI=1S/C25H32N6O4/c1-17-22(23(34)31(30(17)3)19-11-7-6-8-12-19)26-20(33)13-14-21-27-24(29-35-21)25(28-18(2)32)15-9-4-5-10-16-25/h6-8,11-12H,4-5,9-10,13-16H2,1-3H3,(H,26,33)(H,28,32). The van der Waals surface area contributed by atoms with E-state index in [9.17, 15) is 14.4 Å². The van der Waals surface area contributed by atoms with Crippen molar-refractivity contribution in [3.63, 3.8) is 0 Å². The Kier molecular flexibility index (Phi) is 7.18. The van der Waals surface area contributed by atoms with Crippen LogP contribution < -0.4 is 16.2 Å². The first-order valence-corrected chi connectivity index (χ1v) is 12.1. The first-order chi connectivity index (χ1) is 16.8. The summed E-state index contributed by atoms with van der Waals surface area (Å²) in [6.07, 6.45) is 5.99. The third kappa shape index (κ3) is 5.21. The van der Waals surface area contributed by atoms with E-state index in [2.05, 4.69) is 20.8 Å². The molecule has 2 aromatic heterocycles. The lowest BCUT2D eigenvalue weighted by atomic mass is 9.89. The van der Waals surface area contributed by atoms with Gasteiger partial charge in [-0.15, -0.1) is 0 Å². The quantitative estimate of drug-likeness (QED) is 0.501. The number of para-hydroxylation sites is 1. The molecule has 0 bridgehead atoms. The van der Waals surface area contributed by atoms with Crippen LogP contribution in [0.2, 0.25) is 0 Å². The van der Waals surface area contributed by atoms with Crippen molar-refractivity contribution in [1.29, 1.82) is 0 Å². The molecule has 0 unspecified atom stereocenters. The van der Waals surface area contributed by atoms with Crippen molar-refractivity contribution in [2.24, 2.45) is 7.05 Å². The van der Waals surface area contributed by atoms with Gasteiger partial charge in [0.2, 0.25) is 17.7 Å². The maximum Gasteiger partial charge on any atom is 0.295 e. The zero-order chi connectivity index (χ0) is 25.0. The van der Waals surface area contributed by atoms with Crippen molar-refractivity contribution < 1.29 is 14.1 Å². The Morgan fingerprint density at radius 2 is 1.80 bits per heavy atom. The highest BCUT2D eigenvalue weighted by Gasteiger charge is 2.38. The Hall–Kier alpha value is -3.69. The monoisotopic (exact) mass is 480 g/mol. The van der Waals surface area contributed by atoms with E-state index in [1.807, 2.05) is 30.3 Å². The topological polar surface area (TPSA) is 124 Å². The van der Waals surface area contributed by atoms with Crippen LogP contribution in [-0.2, 0) is 28.6 Å². The number of hydrogen-bond donors (Lipinski definition) is 2. The first kappa shape index (κ1) is 24.4. The van der Waals surface area contributed by atoms with Gasteiger partial charge in [-0.2, -0.15) is 4.98 Å². The smallest absolute Gasteiger partial charge is 0.295 e. The molecule has 1 saturated carbocycles. The molecule has 0 atom stereocenters. The van der Waals surface area contributed by atoms with Gasteiger partial charge in [-0.25, -0.2) is 4.68 Å². The van der Waals surface area contributed by atoms with Gasteiger partial charge in [0, 0.05) is 26.8 Å². The normalized spacial score (nSPS) is 15.4. The number of nitrogens with zero attached hydrogens (tertiary/aromatic N) is 4. The first-order valence-electron chi connectivity index (χ1n) is 12.1. The Morgan fingerprint density at radius 1 is 1.11 bits per heavy atom. The maximum atomic E-state index is 13.0. The lowest BCUT2D eigenvalue weighted by Gasteiger charge is -2.30. The van der Waals surface area contributed by atoms with E-state index in [4.69, 9.17) is 4.52 Å². The van der Waals surface area contributed by atoms with Gasteiger partial charge in [0.05, 0.1) is 11.4 Å². The van der Waals surface area contributed by atoms with Crippen molar-refractivity contribution in [3.05, 3.63) is 58.1 Å². The molecule has 4 rings (SSSR count). The Labute approximate surface area is 203 Å². The summed E-state index contributed by atoms with van der Waals surface area (Å²) in [6.45, 7) is 3.28. The van der Waals surface area contributed by atoms with Crippen molar-refractivity contribution in [2.45, 2.75) is 70.8 Å². The molecule has 3 aromatic rings. The second-order valence-electron chi connectivity index (χ2n) is 9.17. The van der Waals surface area contributed by atoms with Gasteiger partial charge in [-0.05, 0) is 31.9 Å². The van der Waals surface area contributed by atoms with Crippen LogP contribution in [0.25, 0.3) is 5.69 Å². The molecule has 35 heavy (non-hydrogen) atoms. The number of nitrogens with one attached hydrogen (secondary N) is 2. The Morgan fingerprint density at radius 3 is 2.46 bits per heavy atom. The molecule has 2 amide bonds. The Balaban J connectivity index is 1.45. The van der Waals surface area contributed by atoms with Crippen molar-refractivity contribution in [1.82, 2.24) is 24.8 Å². The van der Waals surface area contributed by atoms with Gasteiger partial charge in [0.15, 0.2) is 5.82 Å². The average molecular weight is 481 g/mol. The number of amides is 2. The minimum Gasteiger partial charge on any atom is -0.343 e. The van der Waals surface area contributed by atoms with Gasteiger partial charge in [-0.3, -0.25) is 19.1 Å². The van der Waals surface area contributed by atoms with E-state index < -0.39 is 5.54 Å². The van der Waals surface area contributed by atoms with Crippen LogP contribution >= 0.6 is 0 Å². The fraction of sp³-hybridized carbons (Fsp3) is 0.480. The van der Waals surface area contributed by atoms with Gasteiger partial charge in [-0.1, -0.05) is 49.0 Å². The highest BCUT2D eigenvalue weighted by molar-refractivity contribution is 5.91. The third-order valence-electron chi connectivity index (χ3n) is 6.65. The van der Waals surface area contributed by atoms with E-state index in [1.54, 1.807) is 18.7 Å². The summed E-state index contributed by atoms with van der Waals surface area (Å²) >= 11 is 0. The molecular weight excluding hydrogens is 448 g/mol. The van der Waals surface area contributed by atoms with Crippen LogP contribution in [0.4, 0.5) is 5.69 Å². The summed E-state index contributed by atoms with van der Waals surface area (Å²) in [5.41, 5.74) is 0.688. The minimum absolute atomic E-state index is 0.0773. The molecule has 1 aliphatic rings. The summed E-state index contributed by atoms with van der Waals surface area (Å²) in [5.74, 6) is 0.351. The lowest BCUT2D eigenvalue weighted by molar-refractivity contribution is -0.121. The summed E-state index contributed by atoms with van der Waals surface area (Å²) in [6, 6.07) is 9.26. The van der Waals surface area contributed by atoms with Crippen molar-refractivity contribution in [3.8, 4) is 5.69 Å². The summed E-state index contributed by atoms with van der Waals surface area (Å²) in [5, 5.41) is 9.96. The predicted molar refractivity (Wildman–Crippen MR) is 130 cm³/mol. The van der Waals surface area contributed by atoms with Gasteiger partial charge < -0.3 is 15.2 Å². The van der Waals surface area contributed by atoms with Crippen LogP contribution in [-0.4, -0.2) is 31.3 Å². The number of hydrogen-bond acceptors (Lipinski definition) is 6. The molecule has 1 fully saturated rings. The molecule has 186 valence electrons. The van der Waals surface area contributed by atoms with Crippen LogP contribution in [0.5, 0.6) is 0 Å². The molecule has 0 spiro atoms.